The maximum Gasteiger partial charge on any atom is 0.256 e. The van der Waals surface area contributed by atoms with Crippen LogP contribution in [0.15, 0.2) is 36.5 Å². The van der Waals surface area contributed by atoms with Gasteiger partial charge in [-0.1, -0.05) is 12.1 Å². The molecular weight excluding hydrogens is 400 g/mol. The van der Waals surface area contributed by atoms with Gasteiger partial charge >= 0.3 is 0 Å². The number of para-hydroxylation sites is 1. The first kappa shape index (κ1) is 18.8. The lowest BCUT2D eigenvalue weighted by molar-refractivity contribution is 0.0264. The molecule has 0 radical (unpaired) electrons. The zero-order valence-corrected chi connectivity index (χ0v) is 18.3. The summed E-state index contributed by atoms with van der Waals surface area (Å²) in [6, 6.07) is 10.9. The van der Waals surface area contributed by atoms with Crippen LogP contribution in [0.1, 0.15) is 52.7 Å². The second-order valence-corrected chi connectivity index (χ2v) is 10.0. The Bertz CT molecular complexity index is 1240. The number of pyridine rings is 1. The highest BCUT2D eigenvalue weighted by atomic mass is 16.2. The van der Waals surface area contributed by atoms with Crippen LogP contribution in [0.3, 0.4) is 0 Å². The predicted molar refractivity (Wildman–Crippen MR) is 121 cm³/mol. The Morgan fingerprint density at radius 1 is 1.31 bits per heavy atom. The molecule has 2 N–H and O–H groups in total. The van der Waals surface area contributed by atoms with E-state index in [4.69, 9.17) is 4.98 Å². The van der Waals surface area contributed by atoms with Crippen LogP contribution in [0.4, 0.5) is 0 Å². The van der Waals surface area contributed by atoms with Gasteiger partial charge in [0.1, 0.15) is 11.3 Å². The van der Waals surface area contributed by atoms with Crippen LogP contribution in [-0.2, 0) is 13.0 Å². The SMILES string of the molecule is CN(Cc1nc2c(C(=O)N3C[C@H]4NC[C@@H]5CC543)cccc2[nH]1)C1CCCc2cccnc21. The Hall–Kier alpha value is -2.77. The molecule has 2 aromatic heterocycles. The highest BCUT2D eigenvalue weighted by Crippen LogP contribution is 2.60. The van der Waals surface area contributed by atoms with Crippen LogP contribution < -0.4 is 5.32 Å². The number of amides is 1. The summed E-state index contributed by atoms with van der Waals surface area (Å²) in [6.45, 7) is 2.57. The predicted octanol–water partition coefficient (Wildman–Crippen LogP) is 2.65. The largest absolute Gasteiger partial charge is 0.341 e. The molecule has 2 unspecified atom stereocenters. The van der Waals surface area contributed by atoms with Crippen LogP contribution >= 0.6 is 0 Å². The Balaban J connectivity index is 1.16. The first-order valence-corrected chi connectivity index (χ1v) is 11.8. The van der Waals surface area contributed by atoms with Gasteiger partial charge in [-0.15, -0.1) is 0 Å². The molecule has 164 valence electrons. The molecule has 4 atom stereocenters. The molecule has 32 heavy (non-hydrogen) atoms. The van der Waals surface area contributed by atoms with Crippen molar-refractivity contribution in [1.29, 1.82) is 0 Å². The molecular formula is C25H28N6O. The number of piperidine rings is 1. The lowest BCUT2D eigenvalue weighted by Crippen LogP contribution is -2.67. The number of hydrogen-bond donors (Lipinski definition) is 2. The smallest absolute Gasteiger partial charge is 0.256 e. The maximum atomic E-state index is 13.5. The number of nitrogens with zero attached hydrogens (tertiary/aromatic N) is 4. The number of likely N-dealkylation sites (tertiary alicyclic amines) is 1. The van der Waals surface area contributed by atoms with Crippen LogP contribution in [0.5, 0.6) is 0 Å². The second kappa shape index (κ2) is 6.62. The van der Waals surface area contributed by atoms with Gasteiger partial charge in [-0.05, 0) is 62.4 Å². The standard InChI is InChI=1S/C25H28N6O/c1-30(19-9-2-5-15-6-4-10-26-22(15)19)14-21-28-18-8-3-7-17(23(18)29-21)24(32)31-13-20-25(31)11-16(25)12-27-20/h3-4,6-8,10,16,19-20,27H,2,5,9,11-14H2,1H3,(H,28,29)/t16-,19?,20+,25?/m0/s1. The average molecular weight is 429 g/mol. The fourth-order valence-corrected chi connectivity index (χ4v) is 6.56. The van der Waals surface area contributed by atoms with E-state index in [0.29, 0.717) is 24.5 Å². The van der Waals surface area contributed by atoms with E-state index in [-0.39, 0.29) is 11.4 Å². The van der Waals surface area contributed by atoms with Gasteiger partial charge in [-0.3, -0.25) is 14.7 Å². The summed E-state index contributed by atoms with van der Waals surface area (Å²) in [6.07, 6.45) is 6.45. The molecule has 7 nitrogen and oxygen atoms in total. The summed E-state index contributed by atoms with van der Waals surface area (Å²) < 4.78 is 0. The van der Waals surface area contributed by atoms with E-state index in [1.54, 1.807) is 0 Å². The van der Waals surface area contributed by atoms with E-state index >= 15 is 0 Å². The van der Waals surface area contributed by atoms with E-state index in [9.17, 15) is 4.79 Å². The Morgan fingerprint density at radius 3 is 3.12 bits per heavy atom. The fourth-order valence-electron chi connectivity index (χ4n) is 6.56. The number of benzene rings is 1. The third kappa shape index (κ3) is 2.52. The van der Waals surface area contributed by atoms with Crippen molar-refractivity contribution in [3.8, 4) is 0 Å². The summed E-state index contributed by atoms with van der Waals surface area (Å²) in [7, 11) is 2.15. The third-order valence-corrected chi connectivity index (χ3v) is 8.34. The molecule has 0 bridgehead atoms. The molecule has 7 rings (SSSR count). The number of aromatic amines is 1. The molecule has 2 saturated heterocycles. The number of carbonyl (C=O) groups is 1. The third-order valence-electron chi connectivity index (χ3n) is 8.34. The second-order valence-electron chi connectivity index (χ2n) is 10.0. The molecule has 3 aromatic rings. The van der Waals surface area contributed by atoms with Gasteiger partial charge in [0.25, 0.3) is 5.91 Å². The van der Waals surface area contributed by atoms with Crippen molar-refractivity contribution in [2.24, 2.45) is 5.92 Å². The molecule has 1 spiro atoms. The van der Waals surface area contributed by atoms with Crippen LogP contribution in [0, 0.1) is 5.92 Å². The molecule has 1 amide bonds. The number of H-pyrrole nitrogens is 1. The zero-order valence-electron chi connectivity index (χ0n) is 18.3. The molecule has 3 fully saturated rings. The van der Waals surface area contributed by atoms with Gasteiger partial charge in [0, 0.05) is 25.3 Å². The number of rotatable bonds is 4. The molecule has 2 aliphatic heterocycles. The minimum atomic E-state index is 0.0972. The van der Waals surface area contributed by atoms with Crippen molar-refractivity contribution < 1.29 is 4.79 Å². The van der Waals surface area contributed by atoms with Gasteiger partial charge < -0.3 is 15.2 Å². The normalized spacial score (nSPS) is 30.1. The summed E-state index contributed by atoms with van der Waals surface area (Å²) in [5.41, 5.74) is 5.12. The Labute approximate surface area is 187 Å². The number of nitrogens with one attached hydrogen (secondary N) is 2. The minimum absolute atomic E-state index is 0.0972. The summed E-state index contributed by atoms with van der Waals surface area (Å²) in [4.78, 5) is 31.0. The van der Waals surface area contributed by atoms with Gasteiger partial charge in [-0.25, -0.2) is 4.98 Å². The van der Waals surface area contributed by atoms with Crippen LogP contribution in [0.2, 0.25) is 0 Å². The number of fused-ring (bicyclic) bond motifs is 2. The zero-order chi connectivity index (χ0) is 21.4. The lowest BCUT2D eigenvalue weighted by atomic mass is 9.91. The number of aromatic nitrogens is 3. The van der Waals surface area contributed by atoms with E-state index in [1.165, 1.54) is 17.7 Å². The summed E-state index contributed by atoms with van der Waals surface area (Å²) >= 11 is 0. The van der Waals surface area contributed by atoms with Gasteiger partial charge in [0.2, 0.25) is 0 Å². The highest BCUT2D eigenvalue weighted by Gasteiger charge is 2.73. The molecule has 4 aliphatic rings. The van der Waals surface area contributed by atoms with E-state index in [0.717, 1.165) is 54.8 Å². The number of imidazole rings is 1. The molecule has 7 heteroatoms. The van der Waals surface area contributed by atoms with Crippen molar-refractivity contribution in [3.05, 3.63) is 59.2 Å². The van der Waals surface area contributed by atoms with Crippen molar-refractivity contribution in [2.75, 3.05) is 20.1 Å². The average Bonchev–Trinajstić information content (AvgIpc) is 3.34. The van der Waals surface area contributed by atoms with Gasteiger partial charge in [-0.2, -0.15) is 0 Å². The number of carbonyl (C=O) groups excluding carboxylic acids is 1. The highest BCUT2D eigenvalue weighted by molar-refractivity contribution is 6.06. The van der Waals surface area contributed by atoms with E-state index < -0.39 is 0 Å². The first-order valence-electron chi connectivity index (χ1n) is 11.8. The Kier molecular flexibility index (Phi) is 3.88. The van der Waals surface area contributed by atoms with Crippen LogP contribution in [-0.4, -0.2) is 62.4 Å². The molecule has 1 saturated carbocycles. The quantitative estimate of drug-likeness (QED) is 0.668. The fraction of sp³-hybridized carbons (Fsp3) is 0.480. The minimum Gasteiger partial charge on any atom is -0.341 e. The van der Waals surface area contributed by atoms with Crippen molar-refractivity contribution in [3.63, 3.8) is 0 Å². The van der Waals surface area contributed by atoms with Crippen molar-refractivity contribution in [2.45, 2.75) is 49.9 Å². The maximum absolute atomic E-state index is 13.5. The summed E-state index contributed by atoms with van der Waals surface area (Å²) in [5.74, 6) is 1.67. The van der Waals surface area contributed by atoms with E-state index in [2.05, 4.69) is 38.2 Å². The monoisotopic (exact) mass is 428 g/mol. The van der Waals surface area contributed by atoms with Crippen molar-refractivity contribution >= 4 is 16.9 Å². The molecule has 1 aromatic carbocycles. The molecule has 4 heterocycles. The topological polar surface area (TPSA) is 77.2 Å². The van der Waals surface area contributed by atoms with Crippen molar-refractivity contribution in [1.82, 2.24) is 30.1 Å². The van der Waals surface area contributed by atoms with E-state index in [1.807, 2.05) is 30.5 Å². The number of aryl methyl sites for hydroxylation is 1. The summed E-state index contributed by atoms with van der Waals surface area (Å²) in [5, 5.41) is 3.56. The van der Waals surface area contributed by atoms with Gasteiger partial charge in [0.05, 0.1) is 34.9 Å². The van der Waals surface area contributed by atoms with Crippen LogP contribution in [0.25, 0.3) is 11.0 Å². The number of hydrogen-bond acceptors (Lipinski definition) is 5. The Morgan fingerprint density at radius 2 is 2.25 bits per heavy atom. The molecule has 2 aliphatic carbocycles. The first-order chi connectivity index (χ1) is 15.6. The van der Waals surface area contributed by atoms with Gasteiger partial charge in [0.15, 0.2) is 0 Å². The lowest BCUT2D eigenvalue weighted by Gasteiger charge is -2.47.